The second kappa shape index (κ2) is 17.5. The molecule has 0 atom stereocenters. The summed E-state index contributed by atoms with van der Waals surface area (Å²) in [7, 11) is 0. The average Bonchev–Trinajstić information content (AvgIpc) is 0. The molecule has 0 saturated carbocycles. The van der Waals surface area contributed by atoms with Crippen LogP contribution in [0.5, 0.6) is 0 Å². The molecule has 0 bridgehead atoms. The average molecular weight is 769 g/mol. The van der Waals surface area contributed by atoms with Crippen molar-refractivity contribution in [3.63, 3.8) is 0 Å². The van der Waals surface area contributed by atoms with Gasteiger partial charge in [-0.2, -0.15) is 0 Å². The molecule has 0 heterocycles. The van der Waals surface area contributed by atoms with Crippen LogP contribution in [0.3, 0.4) is 0 Å². The van der Waals surface area contributed by atoms with Crippen molar-refractivity contribution in [1.82, 2.24) is 0 Å². The summed E-state index contributed by atoms with van der Waals surface area (Å²) in [5.74, 6) is 0. The van der Waals surface area contributed by atoms with Crippen molar-refractivity contribution in [2.45, 2.75) is 0 Å². The second-order valence-electron chi connectivity index (χ2n) is 0. The van der Waals surface area contributed by atoms with Gasteiger partial charge in [-0.15, -0.1) is 0 Å². The van der Waals surface area contributed by atoms with Gasteiger partial charge in [0.05, 0.1) is 0 Å². The predicted octanol–water partition coefficient (Wildman–Crippen LogP) is -0.0100. The van der Waals surface area contributed by atoms with Crippen molar-refractivity contribution < 1.29 is 80.4 Å². The van der Waals surface area contributed by atoms with Gasteiger partial charge in [0.25, 0.3) is 0 Å². The molecular formula is Ir4. The molecule has 0 aliphatic rings. The summed E-state index contributed by atoms with van der Waals surface area (Å²) in [6.45, 7) is 0. The molecule has 0 N–H and O–H groups in total. The minimum atomic E-state index is 0. The fraction of sp³-hybridized carbons (Fsp3) is 0. The van der Waals surface area contributed by atoms with Crippen LogP contribution in [-0.4, -0.2) is 0 Å². The van der Waals surface area contributed by atoms with Crippen molar-refractivity contribution in [3.8, 4) is 0 Å². The monoisotopic (exact) mass is 772 g/mol. The Hall–Kier alpha value is 2.60. The molecule has 4 radical (unpaired) electrons. The first-order chi connectivity index (χ1) is 0. The standard InChI is InChI=1S/4Ir. The molecule has 0 aromatic carbocycles. The summed E-state index contributed by atoms with van der Waals surface area (Å²) in [5.41, 5.74) is 0. The summed E-state index contributed by atoms with van der Waals surface area (Å²) in [4.78, 5) is 0. The number of hydrogen-bond donors (Lipinski definition) is 0. The fourth-order valence-corrected chi connectivity index (χ4v) is 0. The van der Waals surface area contributed by atoms with E-state index >= 15 is 0 Å². The van der Waals surface area contributed by atoms with Gasteiger partial charge < -0.3 is 0 Å². The van der Waals surface area contributed by atoms with E-state index < -0.39 is 0 Å². The summed E-state index contributed by atoms with van der Waals surface area (Å²) >= 11 is 0. The van der Waals surface area contributed by atoms with Crippen molar-refractivity contribution in [2.24, 2.45) is 0 Å². The molecule has 0 unspecified atom stereocenters. The Morgan fingerprint density at radius 1 is 0.250 bits per heavy atom. The Morgan fingerprint density at radius 3 is 0.250 bits per heavy atom. The van der Waals surface area contributed by atoms with Gasteiger partial charge in [0.1, 0.15) is 0 Å². The molecule has 4 heteroatoms. The van der Waals surface area contributed by atoms with Gasteiger partial charge in [-0.3, -0.25) is 0 Å². The first-order valence-electron chi connectivity index (χ1n) is 0. The Labute approximate surface area is 79.3 Å². The molecular weight excluding hydrogens is 769 g/mol. The number of hydrogen-bond acceptors (Lipinski definition) is 0. The second-order valence-corrected chi connectivity index (χ2v) is 0. The minimum Gasteiger partial charge on any atom is 0 e. The van der Waals surface area contributed by atoms with E-state index in [1.165, 1.54) is 0 Å². The van der Waals surface area contributed by atoms with E-state index in [0.717, 1.165) is 0 Å². The smallest absolute Gasteiger partial charge is 0 e. The first kappa shape index (κ1) is 30.6. The molecule has 0 spiro atoms. The van der Waals surface area contributed by atoms with E-state index in [-0.39, 0.29) is 80.4 Å². The van der Waals surface area contributed by atoms with Crippen LogP contribution in [-0.2, 0) is 80.4 Å². The maximum Gasteiger partial charge on any atom is 0 e. The van der Waals surface area contributed by atoms with Crippen LogP contribution < -0.4 is 0 Å². The Kier molecular flexibility index (Phi) is 134. The zero-order chi connectivity index (χ0) is 0. The quantitative estimate of drug-likeness (QED) is 0.326. The Balaban J connectivity index is 0. The van der Waals surface area contributed by atoms with Gasteiger partial charge in [-0.05, 0) is 0 Å². The largest absolute Gasteiger partial charge is 0 e. The zero-order valence-electron chi connectivity index (χ0n) is 1.33. The van der Waals surface area contributed by atoms with Gasteiger partial charge in [0.15, 0.2) is 0 Å². The molecule has 36 valence electrons. The van der Waals surface area contributed by atoms with Gasteiger partial charge in [0.2, 0.25) is 0 Å². The summed E-state index contributed by atoms with van der Waals surface area (Å²) in [6, 6.07) is 0. The Morgan fingerprint density at radius 2 is 0.250 bits per heavy atom. The maximum atomic E-state index is 0. The van der Waals surface area contributed by atoms with Crippen molar-refractivity contribution in [1.29, 1.82) is 0 Å². The molecule has 0 amide bonds. The molecule has 0 aliphatic heterocycles. The van der Waals surface area contributed by atoms with Gasteiger partial charge in [-0.1, -0.05) is 0 Å². The van der Waals surface area contributed by atoms with Crippen LogP contribution >= 0.6 is 0 Å². The van der Waals surface area contributed by atoms with Crippen LogP contribution in [0.4, 0.5) is 0 Å². The summed E-state index contributed by atoms with van der Waals surface area (Å²) in [6.07, 6.45) is 0. The third-order valence-electron chi connectivity index (χ3n) is 0. The van der Waals surface area contributed by atoms with E-state index in [0.29, 0.717) is 0 Å². The SMILES string of the molecule is [Ir].[Ir].[Ir].[Ir]. The van der Waals surface area contributed by atoms with E-state index in [1.54, 1.807) is 0 Å². The third kappa shape index (κ3) is 8.82. The number of rotatable bonds is 0. The predicted molar refractivity (Wildman–Crippen MR) is 0 cm³/mol. The zero-order valence-corrected chi connectivity index (χ0v) is 10.9. The fourth-order valence-electron chi connectivity index (χ4n) is 0. The molecule has 0 fully saturated rings. The first-order valence-corrected chi connectivity index (χ1v) is 0. The van der Waals surface area contributed by atoms with Gasteiger partial charge in [0, 0.05) is 80.4 Å². The van der Waals surface area contributed by atoms with Crippen LogP contribution in [0.2, 0.25) is 0 Å². The van der Waals surface area contributed by atoms with Crippen molar-refractivity contribution >= 4 is 0 Å². The van der Waals surface area contributed by atoms with Gasteiger partial charge >= 0.3 is 0 Å². The summed E-state index contributed by atoms with van der Waals surface area (Å²) in [5, 5.41) is 0. The van der Waals surface area contributed by atoms with Gasteiger partial charge in [-0.25, -0.2) is 0 Å². The topological polar surface area (TPSA) is 0 Å². The van der Waals surface area contributed by atoms with E-state index in [1.807, 2.05) is 0 Å². The summed E-state index contributed by atoms with van der Waals surface area (Å²) < 4.78 is 0. The molecule has 0 rings (SSSR count). The van der Waals surface area contributed by atoms with E-state index in [4.69, 9.17) is 0 Å². The van der Waals surface area contributed by atoms with Crippen LogP contribution in [0, 0.1) is 0 Å². The molecule has 4 heavy (non-hydrogen) atoms. The Bertz CT molecular complexity index is 0. The third-order valence-corrected chi connectivity index (χ3v) is 0. The van der Waals surface area contributed by atoms with E-state index in [2.05, 4.69) is 0 Å². The van der Waals surface area contributed by atoms with Crippen LogP contribution in [0.1, 0.15) is 0 Å². The minimum absolute atomic E-state index is 0. The van der Waals surface area contributed by atoms with Crippen molar-refractivity contribution in [2.75, 3.05) is 0 Å². The molecule has 0 aliphatic carbocycles. The molecule has 0 nitrogen and oxygen atoms in total. The molecule has 0 saturated heterocycles. The molecule has 0 aromatic rings. The van der Waals surface area contributed by atoms with Crippen LogP contribution in [0.15, 0.2) is 0 Å². The van der Waals surface area contributed by atoms with Crippen LogP contribution in [0.25, 0.3) is 0 Å². The normalized spacial score (nSPS) is 0. The maximum absolute atomic E-state index is 0. The van der Waals surface area contributed by atoms with E-state index in [9.17, 15) is 0 Å². The molecule has 0 aromatic heterocycles. The van der Waals surface area contributed by atoms with Crippen molar-refractivity contribution in [3.05, 3.63) is 0 Å².